The quantitative estimate of drug-likeness (QED) is 0.919. The summed E-state index contributed by atoms with van der Waals surface area (Å²) in [5, 5.41) is 9.52. The van der Waals surface area contributed by atoms with Gasteiger partial charge in [-0.3, -0.25) is 0 Å². The first-order valence-electron chi connectivity index (χ1n) is 7.20. The number of imidazole rings is 1. The maximum Gasteiger partial charge on any atom is 0.326 e. The van der Waals surface area contributed by atoms with E-state index in [9.17, 15) is 9.90 Å². The van der Waals surface area contributed by atoms with Crippen LogP contribution in [0.25, 0.3) is 11.0 Å². The van der Waals surface area contributed by atoms with Crippen molar-refractivity contribution in [3.05, 3.63) is 29.1 Å². The summed E-state index contributed by atoms with van der Waals surface area (Å²) in [6.07, 6.45) is 0.536. The van der Waals surface area contributed by atoms with Crippen molar-refractivity contribution in [2.45, 2.75) is 39.8 Å². The van der Waals surface area contributed by atoms with Crippen LogP contribution in [0, 0.1) is 13.8 Å². The number of benzene rings is 1. The molecule has 5 heteroatoms. The van der Waals surface area contributed by atoms with E-state index in [2.05, 4.69) is 4.98 Å². The SMILES string of the molecule is CCC(C(=O)O)n1c(CN(C)C)nc2cc(C)c(C)cc21. The molecule has 114 valence electrons. The van der Waals surface area contributed by atoms with Crippen LogP contribution in [-0.2, 0) is 11.3 Å². The molecule has 0 saturated carbocycles. The first kappa shape index (κ1) is 15.5. The van der Waals surface area contributed by atoms with Crippen molar-refractivity contribution < 1.29 is 9.90 Å². The lowest BCUT2D eigenvalue weighted by Gasteiger charge is -2.18. The van der Waals surface area contributed by atoms with Gasteiger partial charge in [0.2, 0.25) is 0 Å². The molecule has 0 amide bonds. The van der Waals surface area contributed by atoms with E-state index < -0.39 is 12.0 Å². The fraction of sp³-hybridized carbons (Fsp3) is 0.500. The van der Waals surface area contributed by atoms with Crippen molar-refractivity contribution in [1.29, 1.82) is 0 Å². The lowest BCUT2D eigenvalue weighted by molar-refractivity contribution is -0.141. The van der Waals surface area contributed by atoms with Crippen LogP contribution in [0.5, 0.6) is 0 Å². The van der Waals surface area contributed by atoms with Crippen molar-refractivity contribution in [2.75, 3.05) is 14.1 Å². The first-order chi connectivity index (χ1) is 9.85. The van der Waals surface area contributed by atoms with E-state index in [1.165, 1.54) is 5.56 Å². The van der Waals surface area contributed by atoms with Crippen molar-refractivity contribution in [3.8, 4) is 0 Å². The van der Waals surface area contributed by atoms with Gasteiger partial charge in [-0.15, -0.1) is 0 Å². The molecule has 1 aromatic carbocycles. The van der Waals surface area contributed by atoms with Gasteiger partial charge in [0.25, 0.3) is 0 Å². The third-order valence-corrected chi connectivity index (χ3v) is 3.82. The highest BCUT2D eigenvalue weighted by molar-refractivity contribution is 5.81. The van der Waals surface area contributed by atoms with E-state index in [0.717, 1.165) is 22.4 Å². The molecular formula is C16H23N3O2. The molecule has 1 heterocycles. The molecule has 1 N–H and O–H groups in total. The molecule has 0 spiro atoms. The molecule has 2 rings (SSSR count). The fourth-order valence-electron chi connectivity index (χ4n) is 2.61. The van der Waals surface area contributed by atoms with E-state index in [1.54, 1.807) is 0 Å². The van der Waals surface area contributed by atoms with Crippen LogP contribution in [0.15, 0.2) is 12.1 Å². The highest BCUT2D eigenvalue weighted by Gasteiger charge is 2.24. The second-order valence-electron chi connectivity index (χ2n) is 5.82. The van der Waals surface area contributed by atoms with Crippen LogP contribution in [0.2, 0.25) is 0 Å². The number of fused-ring (bicyclic) bond motifs is 1. The monoisotopic (exact) mass is 289 g/mol. The normalized spacial score (nSPS) is 13.0. The molecule has 1 atom stereocenters. The van der Waals surface area contributed by atoms with Gasteiger partial charge in [-0.2, -0.15) is 0 Å². The number of hydrogen-bond donors (Lipinski definition) is 1. The molecule has 0 bridgehead atoms. The number of carboxylic acid groups (broad SMARTS) is 1. The molecule has 5 nitrogen and oxygen atoms in total. The molecule has 2 aromatic rings. The lowest BCUT2D eigenvalue weighted by atomic mass is 10.1. The third kappa shape index (κ3) is 2.93. The number of carbonyl (C=O) groups is 1. The molecule has 0 radical (unpaired) electrons. The van der Waals surface area contributed by atoms with Crippen LogP contribution < -0.4 is 0 Å². The molecule has 0 aliphatic carbocycles. The van der Waals surface area contributed by atoms with Gasteiger partial charge in [-0.05, 0) is 57.6 Å². The molecule has 1 aromatic heterocycles. The van der Waals surface area contributed by atoms with Gasteiger partial charge in [-0.25, -0.2) is 9.78 Å². The summed E-state index contributed by atoms with van der Waals surface area (Å²) in [5.74, 6) is -0.00992. The molecule has 0 fully saturated rings. The Balaban J connectivity index is 2.72. The minimum absolute atomic E-state index is 0.536. The van der Waals surface area contributed by atoms with Crippen LogP contribution in [0.1, 0.15) is 36.3 Å². The highest BCUT2D eigenvalue weighted by atomic mass is 16.4. The van der Waals surface area contributed by atoms with Crippen LogP contribution in [-0.4, -0.2) is 39.6 Å². The fourth-order valence-corrected chi connectivity index (χ4v) is 2.61. The second kappa shape index (κ2) is 5.85. The van der Waals surface area contributed by atoms with Gasteiger partial charge in [0.15, 0.2) is 0 Å². The first-order valence-corrected chi connectivity index (χ1v) is 7.20. The van der Waals surface area contributed by atoms with Crippen molar-refractivity contribution in [1.82, 2.24) is 14.5 Å². The predicted octanol–water partition coefficient (Wildman–Crippen LogP) is 2.75. The molecular weight excluding hydrogens is 266 g/mol. The Hall–Kier alpha value is -1.88. The second-order valence-corrected chi connectivity index (χ2v) is 5.82. The average Bonchev–Trinajstić information content (AvgIpc) is 2.68. The number of aromatic nitrogens is 2. The van der Waals surface area contributed by atoms with E-state index in [-0.39, 0.29) is 0 Å². The minimum Gasteiger partial charge on any atom is -0.480 e. The summed E-state index contributed by atoms with van der Waals surface area (Å²) in [5.41, 5.74) is 4.10. The maximum absolute atomic E-state index is 11.6. The number of carboxylic acids is 1. The molecule has 0 aliphatic heterocycles. The van der Waals surface area contributed by atoms with Gasteiger partial charge in [0.05, 0.1) is 17.6 Å². The summed E-state index contributed by atoms with van der Waals surface area (Å²) in [6, 6.07) is 3.50. The van der Waals surface area contributed by atoms with Crippen molar-refractivity contribution in [3.63, 3.8) is 0 Å². The zero-order chi connectivity index (χ0) is 15.7. The number of aliphatic carboxylic acids is 1. The van der Waals surface area contributed by atoms with Crippen molar-refractivity contribution >= 4 is 17.0 Å². The van der Waals surface area contributed by atoms with Gasteiger partial charge < -0.3 is 14.6 Å². The number of rotatable bonds is 5. The minimum atomic E-state index is -0.810. The van der Waals surface area contributed by atoms with E-state index in [0.29, 0.717) is 13.0 Å². The molecule has 1 unspecified atom stereocenters. The van der Waals surface area contributed by atoms with Crippen LogP contribution >= 0.6 is 0 Å². The summed E-state index contributed by atoms with van der Waals surface area (Å²) < 4.78 is 1.88. The molecule has 0 saturated heterocycles. The van der Waals surface area contributed by atoms with Crippen LogP contribution in [0.3, 0.4) is 0 Å². The molecule has 0 aliphatic rings. The van der Waals surface area contributed by atoms with Gasteiger partial charge in [-0.1, -0.05) is 6.92 Å². The highest BCUT2D eigenvalue weighted by Crippen LogP contribution is 2.26. The topological polar surface area (TPSA) is 58.4 Å². The van der Waals surface area contributed by atoms with Gasteiger partial charge in [0.1, 0.15) is 11.9 Å². The number of nitrogens with zero attached hydrogens (tertiary/aromatic N) is 3. The summed E-state index contributed by atoms with van der Waals surface area (Å²) in [4.78, 5) is 18.3. The summed E-state index contributed by atoms with van der Waals surface area (Å²) in [6.45, 7) is 6.61. The lowest BCUT2D eigenvalue weighted by Crippen LogP contribution is -2.23. The Bertz CT molecular complexity index is 674. The Morgan fingerprint density at radius 1 is 1.33 bits per heavy atom. The Morgan fingerprint density at radius 2 is 1.95 bits per heavy atom. The van der Waals surface area contributed by atoms with Gasteiger partial charge in [0, 0.05) is 0 Å². The number of aryl methyl sites for hydroxylation is 2. The van der Waals surface area contributed by atoms with Gasteiger partial charge >= 0.3 is 5.97 Å². The van der Waals surface area contributed by atoms with Crippen molar-refractivity contribution in [2.24, 2.45) is 0 Å². The largest absolute Gasteiger partial charge is 0.480 e. The molecule has 21 heavy (non-hydrogen) atoms. The smallest absolute Gasteiger partial charge is 0.326 e. The average molecular weight is 289 g/mol. The summed E-state index contributed by atoms with van der Waals surface area (Å²) >= 11 is 0. The zero-order valence-electron chi connectivity index (χ0n) is 13.3. The van der Waals surface area contributed by atoms with E-state index >= 15 is 0 Å². The van der Waals surface area contributed by atoms with E-state index in [1.807, 2.05) is 56.5 Å². The Morgan fingerprint density at radius 3 is 2.48 bits per heavy atom. The predicted molar refractivity (Wildman–Crippen MR) is 83.6 cm³/mol. The van der Waals surface area contributed by atoms with Crippen LogP contribution in [0.4, 0.5) is 0 Å². The Kier molecular flexibility index (Phi) is 4.32. The maximum atomic E-state index is 11.6. The third-order valence-electron chi connectivity index (χ3n) is 3.82. The van der Waals surface area contributed by atoms with E-state index in [4.69, 9.17) is 0 Å². The Labute approximate surface area is 125 Å². The zero-order valence-corrected chi connectivity index (χ0v) is 13.3. The standard InChI is InChI=1S/C16H23N3O2/c1-6-13(16(20)21)19-14-8-11(3)10(2)7-12(14)17-15(19)9-18(4)5/h7-8,13H,6,9H2,1-5H3,(H,20,21). The summed E-state index contributed by atoms with van der Waals surface area (Å²) in [7, 11) is 3.92. The number of hydrogen-bond acceptors (Lipinski definition) is 3.